The van der Waals surface area contributed by atoms with Crippen LogP contribution in [-0.4, -0.2) is 42.7 Å². The highest BCUT2D eigenvalue weighted by molar-refractivity contribution is 5.86. The van der Waals surface area contributed by atoms with Crippen LogP contribution in [0.15, 0.2) is 30.3 Å². The van der Waals surface area contributed by atoms with Crippen LogP contribution in [0.5, 0.6) is 11.5 Å². The Morgan fingerprint density at radius 1 is 0.929 bits per heavy atom. The summed E-state index contributed by atoms with van der Waals surface area (Å²) in [7, 11) is 2.17. The average molecular weight is 692 g/mol. The van der Waals surface area contributed by atoms with Crippen molar-refractivity contribution in [3.63, 3.8) is 0 Å². The normalized spacial score (nSPS) is 18.7. The van der Waals surface area contributed by atoms with Gasteiger partial charge in [0.15, 0.2) is 11.5 Å². The Morgan fingerprint density at radius 3 is 2.31 bits per heavy atom. The molecule has 0 aromatic heterocycles. The number of hydrogen-bond donors (Lipinski definition) is 0. The highest BCUT2D eigenvalue weighted by Gasteiger charge is 2.45. The molecule has 0 radical (unpaired) electrons. The van der Waals surface area contributed by atoms with Gasteiger partial charge in [-0.15, -0.1) is 0 Å². The molecule has 0 saturated carbocycles. The molecule has 1 aliphatic carbocycles. The van der Waals surface area contributed by atoms with E-state index in [1.807, 2.05) is 32.0 Å². The number of hydrogen-bond acceptors (Lipinski definition) is 6. The fraction of sp³-hybridized carbons (Fsp3) is 0.559. The van der Waals surface area contributed by atoms with E-state index in [1.54, 1.807) is 6.07 Å². The summed E-state index contributed by atoms with van der Waals surface area (Å²) in [6, 6.07) is 9.94. The summed E-state index contributed by atoms with van der Waals surface area (Å²) in [5.74, 6) is -0.580. The van der Waals surface area contributed by atoms with E-state index in [9.17, 15) is 14.4 Å². The summed E-state index contributed by atoms with van der Waals surface area (Å²) in [6.45, 7) is 10.0. The minimum absolute atomic E-state index is 0. The lowest BCUT2D eigenvalue weighted by molar-refractivity contribution is -0.956. The number of halogens is 1. The summed E-state index contributed by atoms with van der Waals surface area (Å²) in [5.41, 5.74) is 4.68. The summed E-state index contributed by atoms with van der Waals surface area (Å²) in [6.07, 6.45) is 9.54. The molecule has 2 aromatic carbocycles. The molecule has 4 rings (SSSR count). The van der Waals surface area contributed by atoms with E-state index in [0.717, 1.165) is 48.9 Å². The molecule has 2 aromatic rings. The number of carbonyl (C=O) groups excluding carboxylic acids is 3. The average Bonchev–Trinajstić information content (AvgIpc) is 2.92. The van der Waals surface area contributed by atoms with Crippen LogP contribution in [-0.2, 0) is 32.0 Å². The van der Waals surface area contributed by atoms with Crippen LogP contribution >= 0.6 is 0 Å². The predicted molar refractivity (Wildman–Crippen MR) is 158 cm³/mol. The van der Waals surface area contributed by atoms with E-state index in [1.165, 1.54) is 50.7 Å². The Bertz CT molecular complexity index is 1310. The topological polar surface area (TPSA) is 78.9 Å². The number of nitrogens with zero attached hydrogens (tertiary/aromatic N) is 1. The van der Waals surface area contributed by atoms with Crippen molar-refractivity contribution >= 4 is 17.9 Å². The fourth-order valence-electron chi connectivity index (χ4n) is 6.37. The van der Waals surface area contributed by atoms with E-state index < -0.39 is 17.4 Å². The lowest BCUT2D eigenvalue weighted by Crippen LogP contribution is -3.00. The van der Waals surface area contributed by atoms with Gasteiger partial charge in [-0.1, -0.05) is 69.7 Å². The molecule has 8 heteroatoms. The lowest BCUT2D eigenvalue weighted by atomic mass is 9.76. The Morgan fingerprint density at radius 2 is 1.62 bits per heavy atom. The molecule has 230 valence electrons. The van der Waals surface area contributed by atoms with Gasteiger partial charge in [0.25, 0.3) is 0 Å². The number of benzene rings is 2. The van der Waals surface area contributed by atoms with Crippen molar-refractivity contribution in [2.24, 2.45) is 5.41 Å². The van der Waals surface area contributed by atoms with Gasteiger partial charge in [-0.05, 0) is 43.0 Å². The third-order valence-corrected chi connectivity index (χ3v) is 8.76. The number of esters is 3. The molecular formula is C34H46INO6. The van der Waals surface area contributed by atoms with E-state index in [2.05, 4.69) is 20.0 Å². The molecule has 1 aliphatic heterocycles. The molecule has 2 atom stereocenters. The minimum Gasteiger partial charge on any atom is -1.00 e. The first-order valence-corrected chi connectivity index (χ1v) is 15.1. The van der Waals surface area contributed by atoms with Crippen LogP contribution in [0.4, 0.5) is 0 Å². The Labute approximate surface area is 267 Å². The van der Waals surface area contributed by atoms with Gasteiger partial charge in [0.2, 0.25) is 6.73 Å². The number of unbranched alkanes of at least 4 members (excludes halogenated alkanes) is 5. The molecule has 0 fully saturated rings. The zero-order chi connectivity index (χ0) is 29.8. The molecule has 0 N–H and O–H groups in total. The molecule has 42 heavy (non-hydrogen) atoms. The zero-order valence-electron chi connectivity index (χ0n) is 26.0. The Kier molecular flexibility index (Phi) is 11.6. The van der Waals surface area contributed by atoms with Crippen molar-refractivity contribution in [3.05, 3.63) is 47.0 Å². The van der Waals surface area contributed by atoms with Crippen LogP contribution in [0.2, 0.25) is 0 Å². The maximum atomic E-state index is 13.3. The maximum Gasteiger partial charge on any atom is 0.315 e. The standard InChI is InChI=1S/C34H46NO6.HI/c1-7-8-9-10-11-12-19-34(4,5)33(38)39-22-35(6)20-18-25-14-13-15-27-30(25)28(35)21-26-16-17-29(40-23(2)36)32(31(26)27)41-24(3)37;/h13-17,28H,7-12,18-22H2,1-6H3;1H/q+1;/p-1/t28-,35?;/m0./s1. The van der Waals surface area contributed by atoms with Crippen molar-refractivity contribution in [1.82, 2.24) is 0 Å². The van der Waals surface area contributed by atoms with Gasteiger partial charge >= 0.3 is 17.9 Å². The molecule has 0 bridgehead atoms. The summed E-state index contributed by atoms with van der Waals surface area (Å²) < 4.78 is 17.8. The second-order valence-corrected chi connectivity index (χ2v) is 12.6. The molecular weight excluding hydrogens is 645 g/mol. The van der Waals surface area contributed by atoms with Gasteiger partial charge in [-0.2, -0.15) is 0 Å². The third-order valence-electron chi connectivity index (χ3n) is 8.76. The van der Waals surface area contributed by atoms with Gasteiger partial charge < -0.3 is 38.2 Å². The van der Waals surface area contributed by atoms with Crippen molar-refractivity contribution in [1.29, 1.82) is 0 Å². The smallest absolute Gasteiger partial charge is 0.315 e. The number of ether oxygens (including phenoxy) is 3. The molecule has 0 spiro atoms. The van der Waals surface area contributed by atoms with Crippen LogP contribution in [0, 0.1) is 5.41 Å². The van der Waals surface area contributed by atoms with E-state index in [0.29, 0.717) is 17.6 Å². The summed E-state index contributed by atoms with van der Waals surface area (Å²) in [5, 5.41) is 0. The summed E-state index contributed by atoms with van der Waals surface area (Å²) >= 11 is 0. The van der Waals surface area contributed by atoms with Crippen LogP contribution in [0.3, 0.4) is 0 Å². The second kappa shape index (κ2) is 14.3. The number of likely N-dealkylation sites (N-methyl/N-ethyl adjacent to an activating group) is 1. The molecule has 7 nitrogen and oxygen atoms in total. The van der Waals surface area contributed by atoms with E-state index in [-0.39, 0.29) is 47.5 Å². The first kappa shape index (κ1) is 34.0. The zero-order valence-corrected chi connectivity index (χ0v) is 28.2. The number of quaternary nitrogens is 1. The van der Waals surface area contributed by atoms with Crippen molar-refractivity contribution in [2.75, 3.05) is 20.3 Å². The first-order chi connectivity index (χ1) is 19.5. The fourth-order valence-corrected chi connectivity index (χ4v) is 6.37. The Hall–Kier alpha value is -2.46. The maximum absolute atomic E-state index is 13.3. The molecule has 1 heterocycles. The SMILES string of the molecule is CCCCCCCCC(C)(C)C(=O)OC[N+]1(C)CCc2cccc3c2[C@@H]1Cc1ccc(OC(C)=O)c(OC(C)=O)c1-3.[I-]. The quantitative estimate of drug-likeness (QED) is 0.110. The number of rotatable bonds is 12. The molecule has 1 unspecified atom stereocenters. The minimum atomic E-state index is -0.520. The summed E-state index contributed by atoms with van der Waals surface area (Å²) in [4.78, 5) is 37.2. The van der Waals surface area contributed by atoms with Crippen molar-refractivity contribution in [3.8, 4) is 22.6 Å². The lowest BCUT2D eigenvalue weighted by Gasteiger charge is -2.47. The van der Waals surface area contributed by atoms with Crippen LogP contribution in [0.1, 0.15) is 102 Å². The van der Waals surface area contributed by atoms with Gasteiger partial charge in [0.1, 0.15) is 6.04 Å². The third kappa shape index (κ3) is 7.54. The van der Waals surface area contributed by atoms with Crippen LogP contribution < -0.4 is 33.5 Å². The highest BCUT2D eigenvalue weighted by atomic mass is 127. The predicted octanol–water partition coefficient (Wildman–Crippen LogP) is 4.09. The van der Waals surface area contributed by atoms with Gasteiger partial charge in [-0.3, -0.25) is 18.9 Å². The molecule has 2 aliphatic rings. The van der Waals surface area contributed by atoms with Gasteiger partial charge in [0.05, 0.1) is 19.0 Å². The van der Waals surface area contributed by atoms with Crippen molar-refractivity contribution < 1.29 is 57.1 Å². The number of carbonyl (C=O) groups is 3. The van der Waals surface area contributed by atoms with Gasteiger partial charge in [0, 0.05) is 37.8 Å². The van der Waals surface area contributed by atoms with Crippen molar-refractivity contribution in [2.45, 2.75) is 98.4 Å². The molecule has 0 saturated heterocycles. The Balaban J connectivity index is 0.00000484. The highest BCUT2D eigenvalue weighted by Crippen LogP contribution is 2.52. The van der Waals surface area contributed by atoms with Gasteiger partial charge in [-0.25, -0.2) is 0 Å². The second-order valence-electron chi connectivity index (χ2n) is 12.6. The van der Waals surface area contributed by atoms with Crippen LogP contribution in [0.25, 0.3) is 11.1 Å². The van der Waals surface area contributed by atoms with E-state index >= 15 is 0 Å². The first-order valence-electron chi connectivity index (χ1n) is 15.1. The monoisotopic (exact) mass is 691 g/mol. The van der Waals surface area contributed by atoms with E-state index in [4.69, 9.17) is 14.2 Å². The molecule has 0 amide bonds. The number of fused-ring (bicyclic) bond motifs is 2. The largest absolute Gasteiger partial charge is 1.00 e.